The standard InChI is InChI=1S/C10H11ClN2O4/c1-6(11)10(14)12-8-5-7(13(15)16)3-4-9(8)17-2/h3-6H,1-2H3,(H,12,14). The SMILES string of the molecule is COc1ccc([N+](=O)[O-])cc1NC(=O)C(C)Cl. The Hall–Kier alpha value is -1.82. The second kappa shape index (κ2) is 5.49. The van der Waals surface area contributed by atoms with Crippen molar-refractivity contribution in [2.75, 3.05) is 12.4 Å². The van der Waals surface area contributed by atoms with Gasteiger partial charge in [-0.3, -0.25) is 14.9 Å². The molecule has 0 saturated carbocycles. The summed E-state index contributed by atoms with van der Waals surface area (Å²) in [5.41, 5.74) is 0.0857. The largest absolute Gasteiger partial charge is 0.495 e. The Labute approximate surface area is 103 Å². The summed E-state index contributed by atoms with van der Waals surface area (Å²) < 4.78 is 4.98. The number of amides is 1. The number of alkyl halides is 1. The van der Waals surface area contributed by atoms with Crippen molar-refractivity contribution in [3.63, 3.8) is 0 Å². The number of hydrogen-bond acceptors (Lipinski definition) is 4. The summed E-state index contributed by atoms with van der Waals surface area (Å²) in [5.74, 6) is -0.119. The molecule has 1 aromatic rings. The highest BCUT2D eigenvalue weighted by molar-refractivity contribution is 6.32. The number of anilines is 1. The predicted molar refractivity (Wildman–Crippen MR) is 63.6 cm³/mol. The van der Waals surface area contributed by atoms with Gasteiger partial charge in [-0.25, -0.2) is 0 Å². The van der Waals surface area contributed by atoms with Crippen LogP contribution >= 0.6 is 11.6 Å². The van der Waals surface area contributed by atoms with E-state index in [4.69, 9.17) is 16.3 Å². The van der Waals surface area contributed by atoms with Crippen molar-refractivity contribution in [1.29, 1.82) is 0 Å². The van der Waals surface area contributed by atoms with Gasteiger partial charge in [-0.05, 0) is 13.0 Å². The van der Waals surface area contributed by atoms with Crippen LogP contribution in [0.4, 0.5) is 11.4 Å². The van der Waals surface area contributed by atoms with Crippen molar-refractivity contribution in [3.05, 3.63) is 28.3 Å². The third-order valence-corrected chi connectivity index (χ3v) is 2.21. The molecule has 1 N–H and O–H groups in total. The molecule has 0 aliphatic heterocycles. The van der Waals surface area contributed by atoms with Crippen LogP contribution in [-0.4, -0.2) is 23.3 Å². The maximum absolute atomic E-state index is 11.4. The van der Waals surface area contributed by atoms with Crippen molar-refractivity contribution >= 4 is 28.9 Å². The summed E-state index contributed by atoms with van der Waals surface area (Å²) in [4.78, 5) is 21.4. The van der Waals surface area contributed by atoms with Crippen molar-refractivity contribution in [2.24, 2.45) is 0 Å². The quantitative estimate of drug-likeness (QED) is 0.510. The fourth-order valence-corrected chi connectivity index (χ4v) is 1.19. The van der Waals surface area contributed by atoms with Crippen LogP contribution in [0.3, 0.4) is 0 Å². The maximum atomic E-state index is 11.4. The molecule has 0 aromatic heterocycles. The third-order valence-electron chi connectivity index (χ3n) is 2.01. The second-order valence-corrected chi connectivity index (χ2v) is 3.90. The van der Waals surface area contributed by atoms with Gasteiger partial charge in [-0.2, -0.15) is 0 Å². The smallest absolute Gasteiger partial charge is 0.271 e. The molecule has 1 atom stereocenters. The zero-order valence-corrected chi connectivity index (χ0v) is 10.0. The number of ether oxygens (including phenoxy) is 1. The summed E-state index contributed by atoms with van der Waals surface area (Å²) in [7, 11) is 1.40. The van der Waals surface area contributed by atoms with Crippen LogP contribution in [0.25, 0.3) is 0 Å². The van der Waals surface area contributed by atoms with Crippen molar-refractivity contribution in [1.82, 2.24) is 0 Å². The van der Waals surface area contributed by atoms with E-state index < -0.39 is 16.2 Å². The number of nitro benzene ring substituents is 1. The molecule has 7 heteroatoms. The zero-order chi connectivity index (χ0) is 13.0. The van der Waals surface area contributed by atoms with Gasteiger partial charge >= 0.3 is 0 Å². The van der Waals surface area contributed by atoms with E-state index in [0.717, 1.165) is 0 Å². The lowest BCUT2D eigenvalue weighted by atomic mass is 10.2. The third kappa shape index (κ3) is 3.32. The number of methoxy groups -OCH3 is 1. The van der Waals surface area contributed by atoms with Crippen LogP contribution < -0.4 is 10.1 Å². The summed E-state index contributed by atoms with van der Waals surface area (Å²) in [5, 5.41) is 12.3. The molecule has 1 aromatic carbocycles. The van der Waals surface area contributed by atoms with Gasteiger partial charge in [0.15, 0.2) is 0 Å². The van der Waals surface area contributed by atoms with E-state index in [1.807, 2.05) is 0 Å². The molecule has 6 nitrogen and oxygen atoms in total. The molecule has 92 valence electrons. The van der Waals surface area contributed by atoms with Gasteiger partial charge in [0, 0.05) is 12.1 Å². The molecule has 17 heavy (non-hydrogen) atoms. The minimum atomic E-state index is -0.737. The fourth-order valence-electron chi connectivity index (χ4n) is 1.14. The van der Waals surface area contributed by atoms with Gasteiger partial charge in [0.2, 0.25) is 5.91 Å². The highest BCUT2D eigenvalue weighted by Crippen LogP contribution is 2.29. The van der Waals surface area contributed by atoms with Gasteiger partial charge in [0.25, 0.3) is 5.69 Å². The van der Waals surface area contributed by atoms with Crippen molar-refractivity contribution < 1.29 is 14.5 Å². The van der Waals surface area contributed by atoms with E-state index in [1.54, 1.807) is 0 Å². The molecule has 0 fully saturated rings. The number of benzene rings is 1. The van der Waals surface area contributed by atoms with Gasteiger partial charge < -0.3 is 10.1 Å². The number of halogens is 1. The Morgan fingerprint density at radius 2 is 2.24 bits per heavy atom. The molecular formula is C10H11ClN2O4. The number of nitrogens with zero attached hydrogens (tertiary/aromatic N) is 1. The van der Waals surface area contributed by atoms with Crippen LogP contribution in [0.1, 0.15) is 6.92 Å². The molecule has 0 aliphatic carbocycles. The van der Waals surface area contributed by atoms with Gasteiger partial charge in [-0.1, -0.05) is 0 Å². The summed E-state index contributed by atoms with van der Waals surface area (Å²) >= 11 is 5.59. The summed E-state index contributed by atoms with van der Waals surface area (Å²) in [6.45, 7) is 1.50. The average Bonchev–Trinajstić information content (AvgIpc) is 2.28. The molecule has 0 heterocycles. The first-order valence-electron chi connectivity index (χ1n) is 4.73. The minimum Gasteiger partial charge on any atom is -0.495 e. The molecule has 0 bridgehead atoms. The van der Waals surface area contributed by atoms with E-state index in [1.165, 1.54) is 32.2 Å². The first kappa shape index (κ1) is 13.2. The number of hydrogen-bond donors (Lipinski definition) is 1. The number of carbonyl (C=O) groups is 1. The molecule has 1 rings (SSSR count). The van der Waals surface area contributed by atoms with Crippen molar-refractivity contribution in [3.8, 4) is 5.75 Å². The molecule has 0 spiro atoms. The number of nitrogens with one attached hydrogen (secondary N) is 1. The summed E-state index contributed by atoms with van der Waals surface area (Å²) in [6, 6.07) is 3.92. The summed E-state index contributed by atoms with van der Waals surface area (Å²) in [6.07, 6.45) is 0. The van der Waals surface area contributed by atoms with Gasteiger partial charge in [0.05, 0.1) is 17.7 Å². The lowest BCUT2D eigenvalue weighted by Gasteiger charge is -2.10. The first-order valence-corrected chi connectivity index (χ1v) is 5.16. The number of carbonyl (C=O) groups excluding carboxylic acids is 1. The zero-order valence-electron chi connectivity index (χ0n) is 9.27. The van der Waals surface area contributed by atoms with E-state index in [9.17, 15) is 14.9 Å². The fraction of sp³-hybridized carbons (Fsp3) is 0.300. The van der Waals surface area contributed by atoms with E-state index in [-0.39, 0.29) is 11.4 Å². The molecule has 0 saturated heterocycles. The van der Waals surface area contributed by atoms with Gasteiger partial charge in [0.1, 0.15) is 11.1 Å². The Kier molecular flexibility index (Phi) is 4.28. The lowest BCUT2D eigenvalue weighted by molar-refractivity contribution is -0.384. The lowest BCUT2D eigenvalue weighted by Crippen LogP contribution is -2.20. The van der Waals surface area contributed by atoms with Crippen LogP contribution in [-0.2, 0) is 4.79 Å². The topological polar surface area (TPSA) is 81.5 Å². The monoisotopic (exact) mass is 258 g/mol. The van der Waals surface area contributed by atoms with E-state index in [2.05, 4.69) is 5.32 Å². The number of nitro groups is 1. The Bertz CT molecular complexity index is 448. The minimum absolute atomic E-state index is 0.136. The van der Waals surface area contributed by atoms with Crippen LogP contribution in [0, 0.1) is 10.1 Å². The van der Waals surface area contributed by atoms with Crippen LogP contribution in [0.5, 0.6) is 5.75 Å². The normalized spacial score (nSPS) is 11.7. The molecule has 0 radical (unpaired) electrons. The average molecular weight is 259 g/mol. The molecule has 1 unspecified atom stereocenters. The Balaban J connectivity index is 3.06. The molecule has 0 aliphatic rings. The van der Waals surface area contributed by atoms with Crippen LogP contribution in [0.15, 0.2) is 18.2 Å². The van der Waals surface area contributed by atoms with E-state index >= 15 is 0 Å². The Morgan fingerprint density at radius 1 is 1.59 bits per heavy atom. The highest BCUT2D eigenvalue weighted by Gasteiger charge is 2.15. The maximum Gasteiger partial charge on any atom is 0.271 e. The highest BCUT2D eigenvalue weighted by atomic mass is 35.5. The first-order chi connectivity index (χ1) is 7.95. The van der Waals surface area contributed by atoms with Crippen molar-refractivity contribution in [2.45, 2.75) is 12.3 Å². The van der Waals surface area contributed by atoms with E-state index in [0.29, 0.717) is 5.75 Å². The predicted octanol–water partition coefficient (Wildman–Crippen LogP) is 2.17. The number of non-ortho nitro benzene ring substituents is 1. The van der Waals surface area contributed by atoms with Crippen LogP contribution in [0.2, 0.25) is 0 Å². The Morgan fingerprint density at radius 3 is 2.71 bits per heavy atom. The molecular weight excluding hydrogens is 248 g/mol. The van der Waals surface area contributed by atoms with Gasteiger partial charge in [-0.15, -0.1) is 11.6 Å². The molecule has 1 amide bonds. The second-order valence-electron chi connectivity index (χ2n) is 3.25. The number of rotatable bonds is 4.